The van der Waals surface area contributed by atoms with Crippen molar-refractivity contribution in [1.29, 1.82) is 0 Å². The highest BCUT2D eigenvalue weighted by atomic mass is 16.2. The van der Waals surface area contributed by atoms with Crippen molar-refractivity contribution in [3.05, 3.63) is 0 Å². The molecular formula is C12H19NO2. The van der Waals surface area contributed by atoms with E-state index in [1.54, 1.807) is 0 Å². The van der Waals surface area contributed by atoms with Gasteiger partial charge in [-0.05, 0) is 19.3 Å². The molecule has 0 unspecified atom stereocenters. The van der Waals surface area contributed by atoms with E-state index >= 15 is 0 Å². The summed E-state index contributed by atoms with van der Waals surface area (Å²) < 4.78 is 0. The lowest BCUT2D eigenvalue weighted by Gasteiger charge is -2.46. The third-order valence-corrected chi connectivity index (χ3v) is 3.95. The molecule has 0 atom stereocenters. The number of amides is 1. The van der Waals surface area contributed by atoms with Gasteiger partial charge in [-0.2, -0.15) is 0 Å². The second-order valence-electron chi connectivity index (χ2n) is 5.18. The molecular weight excluding hydrogens is 190 g/mol. The molecule has 1 saturated heterocycles. The monoisotopic (exact) mass is 209 g/mol. The van der Waals surface area contributed by atoms with Gasteiger partial charge in [0.2, 0.25) is 5.91 Å². The molecule has 15 heavy (non-hydrogen) atoms. The average molecular weight is 209 g/mol. The topological polar surface area (TPSA) is 37.4 Å². The van der Waals surface area contributed by atoms with Crippen molar-refractivity contribution >= 4 is 11.7 Å². The van der Waals surface area contributed by atoms with Crippen LogP contribution in [-0.4, -0.2) is 29.7 Å². The van der Waals surface area contributed by atoms with E-state index in [0.717, 1.165) is 38.8 Å². The Morgan fingerprint density at radius 1 is 1.27 bits per heavy atom. The van der Waals surface area contributed by atoms with Crippen LogP contribution < -0.4 is 0 Å². The van der Waals surface area contributed by atoms with Crippen LogP contribution in [-0.2, 0) is 9.59 Å². The maximum Gasteiger partial charge on any atom is 0.225 e. The van der Waals surface area contributed by atoms with Crippen LogP contribution in [0.1, 0.15) is 39.5 Å². The molecule has 0 aromatic rings. The molecule has 0 radical (unpaired) electrons. The van der Waals surface area contributed by atoms with Gasteiger partial charge in [-0.25, -0.2) is 0 Å². The van der Waals surface area contributed by atoms with Crippen molar-refractivity contribution in [1.82, 2.24) is 4.90 Å². The standard InChI is InChI=1S/C12H19NO2/c1-9(2)11(15)13-7-5-12(6-8-13)4-3-10(12)14/h9H,3-8H2,1-2H3. The summed E-state index contributed by atoms with van der Waals surface area (Å²) >= 11 is 0. The molecule has 3 nitrogen and oxygen atoms in total. The Kier molecular flexibility index (Phi) is 2.57. The van der Waals surface area contributed by atoms with Crippen LogP contribution in [0.4, 0.5) is 0 Å². The number of hydrogen-bond donors (Lipinski definition) is 0. The molecule has 1 heterocycles. The number of rotatable bonds is 1. The third-order valence-electron chi connectivity index (χ3n) is 3.95. The summed E-state index contributed by atoms with van der Waals surface area (Å²) in [6, 6.07) is 0. The Morgan fingerprint density at radius 2 is 1.87 bits per heavy atom. The molecule has 1 spiro atoms. The van der Waals surface area contributed by atoms with Crippen molar-refractivity contribution in [3.63, 3.8) is 0 Å². The van der Waals surface area contributed by atoms with E-state index in [1.807, 2.05) is 18.7 Å². The van der Waals surface area contributed by atoms with E-state index in [9.17, 15) is 9.59 Å². The van der Waals surface area contributed by atoms with Gasteiger partial charge in [-0.1, -0.05) is 13.8 Å². The van der Waals surface area contributed by atoms with Crippen molar-refractivity contribution in [3.8, 4) is 0 Å². The second kappa shape index (κ2) is 3.62. The third kappa shape index (κ3) is 1.68. The van der Waals surface area contributed by atoms with Gasteiger partial charge >= 0.3 is 0 Å². The fraction of sp³-hybridized carbons (Fsp3) is 0.833. The average Bonchev–Trinajstić information content (AvgIpc) is 2.26. The quantitative estimate of drug-likeness (QED) is 0.658. The smallest absolute Gasteiger partial charge is 0.225 e. The zero-order chi connectivity index (χ0) is 11.1. The number of carbonyl (C=O) groups excluding carboxylic acids is 2. The summed E-state index contributed by atoms with van der Waals surface area (Å²) in [5.74, 6) is 0.743. The SMILES string of the molecule is CC(C)C(=O)N1CCC2(CCC2=O)CC1. The summed E-state index contributed by atoms with van der Waals surface area (Å²) in [5, 5.41) is 0. The number of Topliss-reactive ketones (excluding diaryl/α,β-unsaturated/α-hetero) is 1. The van der Waals surface area contributed by atoms with Gasteiger partial charge in [0, 0.05) is 30.8 Å². The minimum Gasteiger partial charge on any atom is -0.342 e. The summed E-state index contributed by atoms with van der Waals surface area (Å²) in [5.41, 5.74) is -0.0201. The molecule has 0 N–H and O–H groups in total. The van der Waals surface area contributed by atoms with Gasteiger partial charge in [0.25, 0.3) is 0 Å². The van der Waals surface area contributed by atoms with Gasteiger partial charge in [-0.15, -0.1) is 0 Å². The molecule has 1 aliphatic carbocycles. The molecule has 2 rings (SSSR count). The molecule has 1 saturated carbocycles. The summed E-state index contributed by atoms with van der Waals surface area (Å²) in [4.78, 5) is 25.2. The lowest BCUT2D eigenvalue weighted by molar-refractivity contribution is -0.148. The van der Waals surface area contributed by atoms with Crippen LogP contribution in [0.2, 0.25) is 0 Å². The van der Waals surface area contributed by atoms with Crippen LogP contribution in [0.3, 0.4) is 0 Å². The Bertz CT molecular complexity index is 288. The van der Waals surface area contributed by atoms with Gasteiger partial charge in [-0.3, -0.25) is 9.59 Å². The summed E-state index contributed by atoms with van der Waals surface area (Å²) in [6.07, 6.45) is 3.60. The molecule has 3 heteroatoms. The number of piperidine rings is 1. The van der Waals surface area contributed by atoms with E-state index in [4.69, 9.17) is 0 Å². The first-order chi connectivity index (χ1) is 7.05. The van der Waals surface area contributed by atoms with Crippen molar-refractivity contribution in [2.75, 3.05) is 13.1 Å². The maximum atomic E-state index is 11.7. The first kappa shape index (κ1) is 10.7. The first-order valence-corrected chi connectivity index (χ1v) is 5.87. The van der Waals surface area contributed by atoms with E-state index in [-0.39, 0.29) is 17.2 Å². The van der Waals surface area contributed by atoms with E-state index < -0.39 is 0 Å². The second-order valence-corrected chi connectivity index (χ2v) is 5.18. The van der Waals surface area contributed by atoms with E-state index in [2.05, 4.69) is 0 Å². The van der Waals surface area contributed by atoms with Gasteiger partial charge in [0.1, 0.15) is 5.78 Å². The van der Waals surface area contributed by atoms with Gasteiger partial charge < -0.3 is 4.90 Å². The van der Waals surface area contributed by atoms with Crippen LogP contribution in [0.25, 0.3) is 0 Å². The number of hydrogen-bond acceptors (Lipinski definition) is 2. The van der Waals surface area contributed by atoms with Crippen LogP contribution in [0.15, 0.2) is 0 Å². The minimum absolute atomic E-state index is 0.0201. The normalized spacial score (nSPS) is 24.5. The molecule has 2 aliphatic rings. The molecule has 0 aromatic carbocycles. The minimum atomic E-state index is -0.0201. The number of carbonyl (C=O) groups is 2. The predicted molar refractivity (Wildman–Crippen MR) is 57.3 cm³/mol. The molecule has 84 valence electrons. The summed E-state index contributed by atoms with van der Waals surface area (Å²) in [7, 11) is 0. The highest BCUT2D eigenvalue weighted by Crippen LogP contribution is 2.45. The Labute approximate surface area is 90.8 Å². The fourth-order valence-electron chi connectivity index (χ4n) is 2.63. The number of ketones is 1. The molecule has 1 amide bonds. The van der Waals surface area contributed by atoms with Crippen LogP contribution in [0, 0.1) is 11.3 Å². The first-order valence-electron chi connectivity index (χ1n) is 5.87. The van der Waals surface area contributed by atoms with Crippen LogP contribution in [0.5, 0.6) is 0 Å². The van der Waals surface area contributed by atoms with Crippen molar-refractivity contribution in [2.45, 2.75) is 39.5 Å². The molecule has 1 aliphatic heterocycles. The summed E-state index contributed by atoms with van der Waals surface area (Å²) in [6.45, 7) is 5.42. The molecule has 0 aromatic heterocycles. The highest BCUT2D eigenvalue weighted by molar-refractivity contribution is 5.90. The van der Waals surface area contributed by atoms with Gasteiger partial charge in [0.05, 0.1) is 0 Å². The highest BCUT2D eigenvalue weighted by Gasteiger charge is 2.47. The zero-order valence-corrected chi connectivity index (χ0v) is 9.58. The lowest BCUT2D eigenvalue weighted by atomic mass is 9.62. The number of likely N-dealkylation sites (tertiary alicyclic amines) is 1. The fourth-order valence-corrected chi connectivity index (χ4v) is 2.63. The predicted octanol–water partition coefficient (Wildman–Crippen LogP) is 1.61. The van der Waals surface area contributed by atoms with E-state index in [0.29, 0.717) is 5.78 Å². The van der Waals surface area contributed by atoms with Crippen molar-refractivity contribution in [2.24, 2.45) is 11.3 Å². The lowest BCUT2D eigenvalue weighted by Crippen LogP contribution is -2.51. The zero-order valence-electron chi connectivity index (χ0n) is 9.58. The van der Waals surface area contributed by atoms with Crippen molar-refractivity contribution < 1.29 is 9.59 Å². The Hall–Kier alpha value is -0.860. The molecule has 2 fully saturated rings. The van der Waals surface area contributed by atoms with Crippen LogP contribution >= 0.6 is 0 Å². The van der Waals surface area contributed by atoms with E-state index in [1.165, 1.54) is 0 Å². The largest absolute Gasteiger partial charge is 0.342 e. The Balaban J connectivity index is 1.92. The Morgan fingerprint density at radius 3 is 2.20 bits per heavy atom. The van der Waals surface area contributed by atoms with Gasteiger partial charge in [0.15, 0.2) is 0 Å². The number of nitrogens with zero attached hydrogens (tertiary/aromatic N) is 1. The molecule has 0 bridgehead atoms. The maximum absolute atomic E-state index is 11.7.